The summed E-state index contributed by atoms with van der Waals surface area (Å²) in [4.78, 5) is 40.3. The number of ether oxygens (including phenoxy) is 1. The summed E-state index contributed by atoms with van der Waals surface area (Å²) < 4.78 is 45.1. The third-order valence-corrected chi connectivity index (χ3v) is 5.61. The highest BCUT2D eigenvalue weighted by molar-refractivity contribution is 6.14. The summed E-state index contributed by atoms with van der Waals surface area (Å²) >= 11 is 0. The molecule has 2 unspecified atom stereocenters. The summed E-state index contributed by atoms with van der Waals surface area (Å²) in [5.41, 5.74) is -0.111. The maximum absolute atomic E-state index is 13.6. The largest absolute Gasteiger partial charge is 0.465 e. The van der Waals surface area contributed by atoms with E-state index in [9.17, 15) is 27.6 Å². The summed E-state index contributed by atoms with van der Waals surface area (Å²) in [6, 6.07) is 12.2. The second kappa shape index (κ2) is 9.51. The Hall–Kier alpha value is -3.93. The second-order valence-electron chi connectivity index (χ2n) is 7.72. The van der Waals surface area contributed by atoms with Crippen molar-refractivity contribution in [2.75, 3.05) is 11.5 Å². The van der Waals surface area contributed by atoms with Crippen LogP contribution < -0.4 is 4.90 Å². The topological polar surface area (TPSA) is 87.5 Å². The Morgan fingerprint density at radius 3 is 2.32 bits per heavy atom. The van der Waals surface area contributed by atoms with E-state index in [1.807, 2.05) is 6.07 Å². The van der Waals surface area contributed by atoms with Crippen LogP contribution in [0.3, 0.4) is 0 Å². The van der Waals surface area contributed by atoms with Gasteiger partial charge in [0.2, 0.25) is 5.91 Å². The van der Waals surface area contributed by atoms with Crippen LogP contribution in [0.5, 0.6) is 0 Å². The minimum absolute atomic E-state index is 0.0373. The van der Waals surface area contributed by atoms with E-state index < -0.39 is 41.2 Å². The number of esters is 1. The average molecular weight is 470 g/mol. The number of carbonyl (C=O) groups excluding carboxylic acids is 3. The van der Waals surface area contributed by atoms with Gasteiger partial charge in [-0.3, -0.25) is 19.3 Å². The highest BCUT2D eigenvalue weighted by atomic mass is 19.4. The van der Waals surface area contributed by atoms with Crippen LogP contribution in [0.2, 0.25) is 0 Å². The second-order valence-corrected chi connectivity index (χ2v) is 7.72. The van der Waals surface area contributed by atoms with Crippen LogP contribution in [0, 0.1) is 17.2 Å². The van der Waals surface area contributed by atoms with Crippen LogP contribution in [-0.4, -0.2) is 24.3 Å². The van der Waals surface area contributed by atoms with Crippen molar-refractivity contribution >= 4 is 23.3 Å². The number of rotatable bonds is 5. The molecule has 0 saturated carbocycles. The normalized spacial score (nSPS) is 18.5. The van der Waals surface area contributed by atoms with Crippen LogP contribution >= 0.6 is 0 Å². The van der Waals surface area contributed by atoms with Gasteiger partial charge in [0, 0.05) is 22.9 Å². The number of Topliss-reactive ketones (excluding diaryl/α,β-unsaturated/α-hetero) is 1. The Bertz CT molecular complexity index is 1210. The quantitative estimate of drug-likeness (QED) is 0.465. The molecule has 9 heteroatoms. The number of amides is 1. The van der Waals surface area contributed by atoms with E-state index in [1.54, 1.807) is 19.1 Å². The Balaban J connectivity index is 2.27. The molecule has 0 fully saturated rings. The van der Waals surface area contributed by atoms with E-state index in [2.05, 4.69) is 0 Å². The average Bonchev–Trinajstić information content (AvgIpc) is 2.78. The number of hydrogen-bond acceptors (Lipinski definition) is 5. The van der Waals surface area contributed by atoms with Gasteiger partial charge in [0.15, 0.2) is 5.78 Å². The van der Waals surface area contributed by atoms with Crippen LogP contribution in [0.15, 0.2) is 59.8 Å². The van der Waals surface area contributed by atoms with Gasteiger partial charge < -0.3 is 4.74 Å². The van der Waals surface area contributed by atoms with Crippen molar-refractivity contribution in [3.63, 3.8) is 0 Å². The third-order valence-electron chi connectivity index (χ3n) is 5.61. The molecule has 1 aliphatic heterocycles. The highest BCUT2D eigenvalue weighted by Gasteiger charge is 2.48. The molecule has 6 nitrogen and oxygen atoms in total. The maximum Gasteiger partial charge on any atom is 0.416 e. The van der Waals surface area contributed by atoms with Gasteiger partial charge in [-0.15, -0.1) is 0 Å². The first-order valence-corrected chi connectivity index (χ1v) is 10.4. The zero-order valence-electron chi connectivity index (χ0n) is 18.6. The van der Waals surface area contributed by atoms with Crippen LogP contribution in [0.25, 0.3) is 0 Å². The van der Waals surface area contributed by atoms with E-state index in [4.69, 9.17) is 10.00 Å². The fraction of sp³-hybridized carbons (Fsp3) is 0.280. The Labute approximate surface area is 194 Å². The van der Waals surface area contributed by atoms with E-state index in [0.29, 0.717) is 11.1 Å². The number of carbonyl (C=O) groups is 3. The molecule has 0 N–H and O–H groups in total. The van der Waals surface area contributed by atoms with Crippen molar-refractivity contribution < 1.29 is 32.3 Å². The predicted molar refractivity (Wildman–Crippen MR) is 116 cm³/mol. The standard InChI is InChI=1S/C25H21F3N2O4/c1-4-34-24(33)22-21(17-10-8-16(13-29)9-11-17)20(15(3)31)14(2)30(23(22)32)19-7-5-6-18(12-19)25(26,27)28/h5-12,21-22H,4H2,1-3H3. The Kier molecular flexibility index (Phi) is 6.91. The molecule has 0 bridgehead atoms. The van der Waals surface area contributed by atoms with Gasteiger partial charge in [-0.1, -0.05) is 18.2 Å². The van der Waals surface area contributed by atoms with Crippen molar-refractivity contribution in [3.05, 3.63) is 76.5 Å². The minimum Gasteiger partial charge on any atom is -0.465 e. The molecule has 2 aromatic rings. The fourth-order valence-electron chi connectivity index (χ4n) is 4.17. The molecule has 3 rings (SSSR count). The van der Waals surface area contributed by atoms with Crippen LogP contribution in [-0.2, 0) is 25.3 Å². The van der Waals surface area contributed by atoms with Gasteiger partial charge in [-0.25, -0.2) is 0 Å². The minimum atomic E-state index is -4.65. The van der Waals surface area contributed by atoms with Crippen molar-refractivity contribution in [3.8, 4) is 6.07 Å². The predicted octanol–water partition coefficient (Wildman–Crippen LogP) is 4.75. The molecule has 1 aliphatic rings. The van der Waals surface area contributed by atoms with E-state index in [-0.39, 0.29) is 23.6 Å². The number of benzene rings is 2. The molecule has 0 aliphatic carbocycles. The first kappa shape index (κ1) is 24.7. The molecule has 2 aromatic carbocycles. The molecule has 1 amide bonds. The zero-order chi connectivity index (χ0) is 25.2. The van der Waals surface area contributed by atoms with Crippen LogP contribution in [0.4, 0.5) is 18.9 Å². The monoisotopic (exact) mass is 470 g/mol. The van der Waals surface area contributed by atoms with Gasteiger partial charge in [0.05, 0.1) is 23.8 Å². The van der Waals surface area contributed by atoms with Crippen molar-refractivity contribution in [1.82, 2.24) is 0 Å². The number of hydrogen-bond donors (Lipinski definition) is 0. The SMILES string of the molecule is CCOC(=O)C1C(=O)N(c2cccc(C(F)(F)F)c2)C(C)=C(C(C)=O)C1c1ccc(C#N)cc1. The lowest BCUT2D eigenvalue weighted by atomic mass is 9.74. The summed E-state index contributed by atoms with van der Waals surface area (Å²) in [5, 5.41) is 9.09. The number of anilines is 1. The van der Waals surface area contributed by atoms with Gasteiger partial charge in [0.25, 0.3) is 0 Å². The Morgan fingerprint density at radius 1 is 1.15 bits per heavy atom. The third kappa shape index (κ3) is 4.57. The van der Waals surface area contributed by atoms with E-state index >= 15 is 0 Å². The van der Waals surface area contributed by atoms with Gasteiger partial charge in [0.1, 0.15) is 5.92 Å². The summed E-state index contributed by atoms with van der Waals surface area (Å²) in [5.74, 6) is -4.70. The van der Waals surface area contributed by atoms with Crippen molar-refractivity contribution in [1.29, 1.82) is 5.26 Å². The molecule has 2 atom stereocenters. The highest BCUT2D eigenvalue weighted by Crippen LogP contribution is 2.44. The van der Waals surface area contributed by atoms with E-state index in [0.717, 1.165) is 23.1 Å². The molecule has 1 heterocycles. The lowest BCUT2D eigenvalue weighted by molar-refractivity contribution is -0.152. The number of nitriles is 1. The maximum atomic E-state index is 13.6. The van der Waals surface area contributed by atoms with Gasteiger partial charge in [-0.05, 0) is 56.7 Å². The molecular formula is C25H21F3N2O4. The molecule has 0 radical (unpaired) electrons. The number of ketones is 1. The molecule has 0 saturated heterocycles. The summed E-state index contributed by atoms with van der Waals surface area (Å²) in [6.45, 7) is 4.23. The number of nitrogens with zero attached hydrogens (tertiary/aromatic N) is 2. The fourth-order valence-corrected chi connectivity index (χ4v) is 4.17. The Morgan fingerprint density at radius 2 is 1.79 bits per heavy atom. The van der Waals surface area contributed by atoms with Crippen molar-refractivity contribution in [2.24, 2.45) is 5.92 Å². The first-order chi connectivity index (χ1) is 16.0. The number of halogens is 3. The summed E-state index contributed by atoms with van der Waals surface area (Å²) in [7, 11) is 0. The van der Waals surface area contributed by atoms with Crippen LogP contribution in [0.1, 0.15) is 43.4 Å². The van der Waals surface area contributed by atoms with Crippen molar-refractivity contribution in [2.45, 2.75) is 32.9 Å². The van der Waals surface area contributed by atoms with Gasteiger partial charge in [-0.2, -0.15) is 18.4 Å². The molecule has 0 aromatic heterocycles. The first-order valence-electron chi connectivity index (χ1n) is 10.4. The van der Waals surface area contributed by atoms with Gasteiger partial charge >= 0.3 is 12.1 Å². The summed E-state index contributed by atoms with van der Waals surface area (Å²) in [6.07, 6.45) is -4.65. The smallest absolute Gasteiger partial charge is 0.416 e. The molecular weight excluding hydrogens is 449 g/mol. The van der Waals surface area contributed by atoms with E-state index in [1.165, 1.54) is 32.0 Å². The zero-order valence-corrected chi connectivity index (χ0v) is 18.6. The molecule has 0 spiro atoms. The number of alkyl halides is 3. The lowest BCUT2D eigenvalue weighted by Gasteiger charge is -2.39. The number of allylic oxidation sites excluding steroid dienone is 2. The lowest BCUT2D eigenvalue weighted by Crippen LogP contribution is -2.48. The molecule has 34 heavy (non-hydrogen) atoms. The molecule has 176 valence electrons.